The Morgan fingerprint density at radius 1 is 1.27 bits per heavy atom. The normalized spacial score (nSPS) is 20.4. The maximum Gasteiger partial charge on any atom is 0.239 e. The highest BCUT2D eigenvalue weighted by Crippen LogP contribution is 2.44. The Morgan fingerprint density at radius 3 is 2.70 bits per heavy atom. The molecule has 1 aromatic rings. The number of allylic oxidation sites excluding steroid dienone is 1. The molecule has 0 radical (unpaired) electrons. The zero-order valence-electron chi connectivity index (χ0n) is 19.0. The highest BCUT2D eigenvalue weighted by molar-refractivity contribution is 6.01. The van der Waals surface area contributed by atoms with Crippen molar-refractivity contribution >= 4 is 23.1 Å². The van der Waals surface area contributed by atoms with Gasteiger partial charge in [0, 0.05) is 24.2 Å². The van der Waals surface area contributed by atoms with Gasteiger partial charge in [-0.05, 0) is 57.5 Å². The summed E-state index contributed by atoms with van der Waals surface area (Å²) >= 11 is 0. The van der Waals surface area contributed by atoms with Crippen LogP contribution in [0.3, 0.4) is 0 Å². The second-order valence-corrected chi connectivity index (χ2v) is 9.53. The van der Waals surface area contributed by atoms with E-state index in [9.17, 15) is 9.59 Å². The third-order valence-corrected chi connectivity index (χ3v) is 5.93. The van der Waals surface area contributed by atoms with Crippen LogP contribution in [0.15, 0.2) is 35.5 Å². The van der Waals surface area contributed by atoms with Crippen LogP contribution in [0.25, 0.3) is 0 Å². The molecule has 0 fully saturated rings. The molecule has 0 saturated carbocycles. The van der Waals surface area contributed by atoms with E-state index in [0.29, 0.717) is 13.0 Å². The summed E-state index contributed by atoms with van der Waals surface area (Å²) in [5, 5.41) is 6.61. The number of rotatable bonds is 7. The van der Waals surface area contributed by atoms with Crippen LogP contribution in [0.5, 0.6) is 0 Å². The van der Waals surface area contributed by atoms with Crippen LogP contribution in [0.1, 0.15) is 46.5 Å². The lowest BCUT2D eigenvalue weighted by atomic mass is 9.74. The van der Waals surface area contributed by atoms with Crippen LogP contribution in [-0.2, 0) is 9.59 Å². The van der Waals surface area contributed by atoms with Gasteiger partial charge in [0.15, 0.2) is 5.78 Å². The number of para-hydroxylation sites is 2. The minimum absolute atomic E-state index is 0.00496. The van der Waals surface area contributed by atoms with Crippen LogP contribution in [-0.4, -0.2) is 56.4 Å². The van der Waals surface area contributed by atoms with Gasteiger partial charge in [-0.2, -0.15) is 0 Å². The van der Waals surface area contributed by atoms with E-state index in [2.05, 4.69) is 41.2 Å². The first-order valence-electron chi connectivity index (χ1n) is 11.0. The van der Waals surface area contributed by atoms with Crippen molar-refractivity contribution in [3.63, 3.8) is 0 Å². The summed E-state index contributed by atoms with van der Waals surface area (Å²) in [6.45, 7) is 8.22. The summed E-state index contributed by atoms with van der Waals surface area (Å²) in [6.07, 6.45) is 3.07. The van der Waals surface area contributed by atoms with Gasteiger partial charge in [-0.25, -0.2) is 0 Å². The van der Waals surface area contributed by atoms with E-state index < -0.39 is 0 Å². The molecule has 0 saturated heterocycles. The van der Waals surface area contributed by atoms with Crippen LogP contribution < -0.4 is 15.5 Å². The summed E-state index contributed by atoms with van der Waals surface area (Å²) in [4.78, 5) is 30.2. The summed E-state index contributed by atoms with van der Waals surface area (Å²) in [6, 6.07) is 7.95. The van der Waals surface area contributed by atoms with Crippen molar-refractivity contribution in [3.05, 3.63) is 35.5 Å². The topological polar surface area (TPSA) is 64.7 Å². The lowest BCUT2D eigenvalue weighted by Gasteiger charge is -2.37. The molecule has 30 heavy (non-hydrogen) atoms. The molecule has 0 unspecified atom stereocenters. The van der Waals surface area contributed by atoms with Gasteiger partial charge in [0.25, 0.3) is 0 Å². The highest BCUT2D eigenvalue weighted by atomic mass is 16.2. The molecule has 3 rings (SSSR count). The van der Waals surface area contributed by atoms with Crippen LogP contribution >= 0.6 is 0 Å². The van der Waals surface area contributed by atoms with Crippen molar-refractivity contribution in [1.29, 1.82) is 0 Å². The predicted octanol–water partition coefficient (Wildman–Crippen LogP) is 3.41. The van der Waals surface area contributed by atoms with E-state index in [0.717, 1.165) is 48.5 Å². The molecule has 1 aliphatic heterocycles. The lowest BCUT2D eigenvalue weighted by Crippen LogP contribution is -2.46. The number of nitrogens with one attached hydrogen (secondary N) is 2. The SMILES string of the molecule is CC[C@H]1C2=C(CC(C)(C)CC2=O)Nc2ccccc2N1CC(=O)NCCCN(C)C. The number of hydrogen-bond donors (Lipinski definition) is 2. The molecular formula is C24H36N4O2. The van der Waals surface area contributed by atoms with Crippen molar-refractivity contribution in [1.82, 2.24) is 10.2 Å². The zero-order chi connectivity index (χ0) is 21.9. The first kappa shape index (κ1) is 22.3. The number of anilines is 2. The molecule has 164 valence electrons. The number of benzene rings is 1. The van der Waals surface area contributed by atoms with E-state index in [1.54, 1.807) is 0 Å². The molecule has 1 heterocycles. The predicted molar refractivity (Wildman–Crippen MR) is 123 cm³/mol. The fourth-order valence-corrected chi connectivity index (χ4v) is 4.60. The van der Waals surface area contributed by atoms with Gasteiger partial charge >= 0.3 is 0 Å². The number of Topliss-reactive ketones (excluding diaryl/α,β-unsaturated/α-hetero) is 1. The molecule has 1 aromatic carbocycles. The van der Waals surface area contributed by atoms with Crippen molar-refractivity contribution in [2.45, 2.75) is 52.5 Å². The average molecular weight is 413 g/mol. The third kappa shape index (κ3) is 5.04. The number of carbonyl (C=O) groups excluding carboxylic acids is 2. The molecule has 1 aliphatic carbocycles. The Bertz CT molecular complexity index is 828. The van der Waals surface area contributed by atoms with Gasteiger partial charge in [0.05, 0.1) is 24.0 Å². The van der Waals surface area contributed by atoms with Crippen molar-refractivity contribution in [2.75, 3.05) is 43.9 Å². The van der Waals surface area contributed by atoms with E-state index in [-0.39, 0.29) is 29.7 Å². The Kier molecular flexibility index (Phi) is 6.86. The second-order valence-electron chi connectivity index (χ2n) is 9.53. The van der Waals surface area contributed by atoms with Gasteiger partial charge in [0.2, 0.25) is 5.91 Å². The number of carbonyl (C=O) groups is 2. The fourth-order valence-electron chi connectivity index (χ4n) is 4.60. The summed E-state index contributed by atoms with van der Waals surface area (Å²) in [5.41, 5.74) is 3.76. The van der Waals surface area contributed by atoms with E-state index in [1.165, 1.54) is 0 Å². The van der Waals surface area contributed by atoms with Crippen LogP contribution in [0, 0.1) is 5.41 Å². The van der Waals surface area contributed by atoms with E-state index in [4.69, 9.17) is 0 Å². The lowest BCUT2D eigenvalue weighted by molar-refractivity contribution is -0.120. The maximum absolute atomic E-state index is 13.2. The van der Waals surface area contributed by atoms with Crippen molar-refractivity contribution in [2.24, 2.45) is 5.41 Å². The first-order valence-corrected chi connectivity index (χ1v) is 11.0. The molecule has 1 atom stereocenters. The van der Waals surface area contributed by atoms with Gasteiger partial charge in [0.1, 0.15) is 0 Å². The number of fused-ring (bicyclic) bond motifs is 1. The molecule has 1 amide bonds. The Hall–Kier alpha value is -2.34. The summed E-state index contributed by atoms with van der Waals surface area (Å²) in [5.74, 6) is 0.194. The molecule has 2 aliphatic rings. The molecule has 2 N–H and O–H groups in total. The largest absolute Gasteiger partial charge is 0.357 e. The molecule has 6 heteroatoms. The Labute approximate surface area is 180 Å². The third-order valence-electron chi connectivity index (χ3n) is 5.93. The smallest absolute Gasteiger partial charge is 0.239 e. The molecular weight excluding hydrogens is 376 g/mol. The number of hydrogen-bond acceptors (Lipinski definition) is 5. The Balaban J connectivity index is 1.88. The zero-order valence-corrected chi connectivity index (χ0v) is 19.0. The first-order chi connectivity index (χ1) is 14.2. The van der Waals surface area contributed by atoms with E-state index >= 15 is 0 Å². The van der Waals surface area contributed by atoms with Gasteiger partial charge < -0.3 is 20.4 Å². The number of nitrogens with zero attached hydrogens (tertiary/aromatic N) is 2. The molecule has 0 spiro atoms. The van der Waals surface area contributed by atoms with Crippen molar-refractivity contribution in [3.8, 4) is 0 Å². The quantitative estimate of drug-likeness (QED) is 0.672. The maximum atomic E-state index is 13.2. The van der Waals surface area contributed by atoms with Crippen LogP contribution in [0.4, 0.5) is 11.4 Å². The van der Waals surface area contributed by atoms with E-state index in [1.807, 2.05) is 38.4 Å². The van der Waals surface area contributed by atoms with Gasteiger partial charge in [-0.1, -0.05) is 32.9 Å². The minimum Gasteiger partial charge on any atom is -0.357 e. The highest BCUT2D eigenvalue weighted by Gasteiger charge is 2.40. The minimum atomic E-state index is -0.104. The summed E-state index contributed by atoms with van der Waals surface area (Å²) < 4.78 is 0. The van der Waals surface area contributed by atoms with Crippen molar-refractivity contribution < 1.29 is 9.59 Å². The van der Waals surface area contributed by atoms with Gasteiger partial charge in [-0.15, -0.1) is 0 Å². The summed E-state index contributed by atoms with van der Waals surface area (Å²) in [7, 11) is 4.06. The average Bonchev–Trinajstić information content (AvgIpc) is 2.78. The fraction of sp³-hybridized carbons (Fsp3) is 0.583. The second kappa shape index (κ2) is 9.21. The van der Waals surface area contributed by atoms with Crippen LogP contribution in [0.2, 0.25) is 0 Å². The van der Waals surface area contributed by atoms with Gasteiger partial charge in [-0.3, -0.25) is 9.59 Å². The number of amides is 1. The number of ketones is 1. The molecule has 6 nitrogen and oxygen atoms in total. The molecule has 0 bridgehead atoms. The molecule has 0 aromatic heterocycles. The monoisotopic (exact) mass is 412 g/mol. The Morgan fingerprint density at radius 2 is 2.00 bits per heavy atom. The standard InChI is InChI=1S/C24H36N4O2/c1-6-19-23-18(14-24(2,3)15-21(23)29)26-17-10-7-8-11-20(17)28(19)16-22(30)25-12-9-13-27(4)5/h7-8,10-11,19,26H,6,9,12-16H2,1-5H3,(H,25,30)/t19-/m0/s1.